The number of alkyl halides is 6. The van der Waals surface area contributed by atoms with Crippen LogP contribution in [0, 0.1) is 29.1 Å². The van der Waals surface area contributed by atoms with E-state index in [9.17, 15) is 50.6 Å². The van der Waals surface area contributed by atoms with E-state index in [-0.39, 0.29) is 24.7 Å². The van der Waals surface area contributed by atoms with Crippen molar-refractivity contribution in [1.82, 2.24) is 0 Å². The van der Waals surface area contributed by atoms with E-state index < -0.39 is 87.8 Å². The lowest BCUT2D eigenvalue weighted by Gasteiger charge is -2.49. The molecule has 2 heterocycles. The Kier molecular flexibility index (Phi) is 7.30. The van der Waals surface area contributed by atoms with Crippen LogP contribution in [0.5, 0.6) is 5.75 Å². The Hall–Kier alpha value is -5.46. The fourth-order valence-corrected chi connectivity index (χ4v) is 9.06. The average molecular weight is 719 g/mol. The van der Waals surface area contributed by atoms with Gasteiger partial charge in [-0.05, 0) is 73.0 Å². The van der Waals surface area contributed by atoms with Gasteiger partial charge >= 0.3 is 12.4 Å². The molecule has 4 aromatic carbocycles. The van der Waals surface area contributed by atoms with E-state index in [1.165, 1.54) is 6.07 Å². The molecule has 6 atom stereocenters. The highest BCUT2D eigenvalue weighted by molar-refractivity contribution is 6.25. The van der Waals surface area contributed by atoms with Crippen molar-refractivity contribution in [3.8, 4) is 5.75 Å². The van der Waals surface area contributed by atoms with Crippen LogP contribution in [0.3, 0.4) is 0 Å². The maximum atomic E-state index is 14.7. The average Bonchev–Trinajstić information content (AvgIpc) is 3.47. The summed E-state index contributed by atoms with van der Waals surface area (Å²) in [6.07, 6.45) is -8.85. The summed E-state index contributed by atoms with van der Waals surface area (Å²) in [5, 5.41) is 11.8. The number of para-hydroxylation sites is 1. The molecular formula is C39H28F6N2O5. The maximum Gasteiger partial charge on any atom is 0.416 e. The number of halogens is 6. The smallest absolute Gasteiger partial charge is 0.416 e. The molecule has 3 fully saturated rings. The lowest BCUT2D eigenvalue weighted by atomic mass is 9.51. The van der Waals surface area contributed by atoms with Gasteiger partial charge in [-0.25, -0.2) is 9.80 Å². The monoisotopic (exact) mass is 718 g/mol. The molecule has 7 nitrogen and oxygen atoms in total. The summed E-state index contributed by atoms with van der Waals surface area (Å²) in [7, 11) is 0. The number of hydrogen-bond acceptors (Lipinski definition) is 5. The van der Waals surface area contributed by atoms with Crippen molar-refractivity contribution < 1.29 is 50.6 Å². The minimum absolute atomic E-state index is 0.0302. The maximum absolute atomic E-state index is 14.7. The first-order valence-corrected chi connectivity index (χ1v) is 16.5. The third kappa shape index (κ3) is 4.73. The molecule has 0 aromatic heterocycles. The molecule has 6 unspecified atom stereocenters. The van der Waals surface area contributed by atoms with Crippen LogP contribution in [0.15, 0.2) is 96.6 Å². The first-order chi connectivity index (χ1) is 24.5. The summed E-state index contributed by atoms with van der Waals surface area (Å²) in [6, 6.07) is 19.0. The number of phenolic OH excluding ortho intramolecular Hbond substituents is 1. The Labute approximate surface area is 292 Å². The van der Waals surface area contributed by atoms with Gasteiger partial charge in [-0.15, -0.1) is 0 Å². The number of aromatic hydroxyl groups is 1. The first kappa shape index (κ1) is 33.7. The van der Waals surface area contributed by atoms with Crippen LogP contribution in [-0.2, 0) is 31.5 Å². The molecular weight excluding hydrogens is 690 g/mol. The number of nitrogens with zero attached hydrogens (tertiary/aromatic N) is 2. The number of anilines is 2. The zero-order chi connectivity index (χ0) is 37.1. The third-order valence-corrected chi connectivity index (χ3v) is 11.4. The van der Waals surface area contributed by atoms with Crippen molar-refractivity contribution in [2.45, 2.75) is 38.0 Å². The van der Waals surface area contributed by atoms with E-state index in [1.807, 2.05) is 0 Å². The molecule has 4 amide bonds. The number of carbonyl (C=O) groups excluding carboxylic acids is 4. The van der Waals surface area contributed by atoms with Gasteiger partial charge in [0.2, 0.25) is 23.6 Å². The van der Waals surface area contributed by atoms with E-state index in [0.29, 0.717) is 44.6 Å². The van der Waals surface area contributed by atoms with Gasteiger partial charge in [-0.2, -0.15) is 26.3 Å². The van der Waals surface area contributed by atoms with Crippen molar-refractivity contribution in [1.29, 1.82) is 0 Å². The molecule has 2 aliphatic heterocycles. The molecule has 1 saturated carbocycles. The molecule has 1 N–H and O–H groups in total. The highest BCUT2D eigenvalue weighted by Gasteiger charge is 2.68. The van der Waals surface area contributed by atoms with E-state index >= 15 is 0 Å². The number of rotatable bonds is 3. The van der Waals surface area contributed by atoms with Crippen molar-refractivity contribution >= 4 is 45.8 Å². The highest BCUT2D eigenvalue weighted by atomic mass is 19.4. The summed E-state index contributed by atoms with van der Waals surface area (Å²) in [6.45, 7) is 1.69. The minimum atomic E-state index is -5.21. The zero-order valence-corrected chi connectivity index (χ0v) is 27.2. The van der Waals surface area contributed by atoms with Gasteiger partial charge in [0.05, 0.1) is 45.7 Å². The Morgan fingerprint density at radius 3 is 1.94 bits per heavy atom. The molecule has 2 saturated heterocycles. The molecule has 13 heteroatoms. The Morgan fingerprint density at radius 1 is 0.692 bits per heavy atom. The van der Waals surface area contributed by atoms with E-state index in [4.69, 9.17) is 0 Å². The second-order valence-electron chi connectivity index (χ2n) is 14.0. The Morgan fingerprint density at radius 2 is 1.31 bits per heavy atom. The lowest BCUT2D eigenvalue weighted by Crippen LogP contribution is -2.49. The van der Waals surface area contributed by atoms with Crippen molar-refractivity contribution in [3.63, 3.8) is 0 Å². The predicted octanol–water partition coefficient (Wildman–Crippen LogP) is 8.02. The van der Waals surface area contributed by atoms with Crippen molar-refractivity contribution in [2.24, 2.45) is 29.1 Å². The molecule has 52 heavy (non-hydrogen) atoms. The van der Waals surface area contributed by atoms with Gasteiger partial charge in [0.1, 0.15) is 5.75 Å². The molecule has 4 aliphatic rings. The molecule has 266 valence electrons. The number of amides is 4. The largest absolute Gasteiger partial charge is 0.507 e. The van der Waals surface area contributed by atoms with Gasteiger partial charge < -0.3 is 5.11 Å². The Balaban J connectivity index is 1.29. The number of fused-ring (bicyclic) bond motifs is 5. The molecule has 2 aliphatic carbocycles. The number of phenols is 1. The van der Waals surface area contributed by atoms with E-state index in [0.717, 1.165) is 4.90 Å². The minimum Gasteiger partial charge on any atom is -0.507 e. The SMILES string of the molecule is CC12C(=O)N(c3ccccc3)C(=O)C1CC1C(=CCC3C(=O)N(c4cc(C(F)(F)F)cc(C(F)(F)F)c4)C(=O)C31)C2c1ccc(O)c2ccccc12. The lowest BCUT2D eigenvalue weighted by molar-refractivity contribution is -0.143. The van der Waals surface area contributed by atoms with Gasteiger partial charge in [-0.1, -0.05) is 60.2 Å². The van der Waals surface area contributed by atoms with Gasteiger partial charge in [-0.3, -0.25) is 19.2 Å². The predicted molar refractivity (Wildman–Crippen MR) is 176 cm³/mol. The summed E-state index contributed by atoms with van der Waals surface area (Å²) in [5.74, 6) is -8.12. The van der Waals surface area contributed by atoms with Crippen LogP contribution < -0.4 is 9.80 Å². The first-order valence-electron chi connectivity index (χ1n) is 16.5. The zero-order valence-electron chi connectivity index (χ0n) is 27.2. The standard InChI is InChI=1S/C39H28F6N2O5/c1-37-29(34(50)47(36(37)52)21-7-3-2-4-8-21)18-28-26(32(37)25-13-14-30(48)24-10-6-5-9-23(24)25)11-12-27-31(28)35(51)46(33(27)49)22-16-19(38(40,41)42)15-20(17-22)39(43,44)45/h2-11,13-17,27-29,31-32,48H,12,18H2,1H3. The van der Waals surface area contributed by atoms with Crippen LogP contribution >= 0.6 is 0 Å². The van der Waals surface area contributed by atoms with Gasteiger partial charge in [0.25, 0.3) is 0 Å². The number of imide groups is 2. The molecule has 0 bridgehead atoms. The number of hydrogen-bond donors (Lipinski definition) is 1. The second-order valence-corrected chi connectivity index (χ2v) is 14.0. The highest BCUT2D eigenvalue weighted by Crippen LogP contribution is 2.64. The summed E-state index contributed by atoms with van der Waals surface area (Å²) in [4.78, 5) is 58.8. The number of benzene rings is 4. The molecule has 8 rings (SSSR count). The van der Waals surface area contributed by atoms with Crippen LogP contribution in [0.2, 0.25) is 0 Å². The topological polar surface area (TPSA) is 95.0 Å². The number of allylic oxidation sites excluding steroid dienone is 2. The van der Waals surface area contributed by atoms with E-state index in [1.54, 1.807) is 73.7 Å². The quantitative estimate of drug-likeness (QED) is 0.132. The second kappa shape index (κ2) is 11.3. The van der Waals surface area contributed by atoms with Gasteiger partial charge in [0.15, 0.2) is 0 Å². The third-order valence-electron chi connectivity index (χ3n) is 11.4. The van der Waals surface area contributed by atoms with Crippen LogP contribution in [0.1, 0.15) is 42.4 Å². The normalized spacial score (nSPS) is 27.5. The summed E-state index contributed by atoms with van der Waals surface area (Å²) >= 11 is 0. The van der Waals surface area contributed by atoms with Crippen LogP contribution in [0.25, 0.3) is 10.8 Å². The molecule has 4 aromatic rings. The molecule has 0 spiro atoms. The number of carbonyl (C=O) groups is 4. The fraction of sp³-hybridized carbons (Fsp3) is 0.282. The van der Waals surface area contributed by atoms with Crippen molar-refractivity contribution in [2.75, 3.05) is 9.80 Å². The Bertz CT molecular complexity index is 2220. The fourth-order valence-electron chi connectivity index (χ4n) is 9.06. The van der Waals surface area contributed by atoms with Gasteiger partial charge in [0, 0.05) is 11.3 Å². The van der Waals surface area contributed by atoms with E-state index in [2.05, 4.69) is 0 Å². The van der Waals surface area contributed by atoms with Crippen LogP contribution in [0.4, 0.5) is 37.7 Å². The van der Waals surface area contributed by atoms with Crippen LogP contribution in [-0.4, -0.2) is 28.7 Å². The summed E-state index contributed by atoms with van der Waals surface area (Å²) in [5.41, 5.74) is -4.14. The molecule has 0 radical (unpaired) electrons. The summed E-state index contributed by atoms with van der Waals surface area (Å²) < 4.78 is 82.9. The van der Waals surface area contributed by atoms with Crippen molar-refractivity contribution in [3.05, 3.63) is 113 Å².